The highest BCUT2D eigenvalue weighted by Crippen LogP contribution is 2.22. The van der Waals surface area contributed by atoms with Crippen molar-refractivity contribution in [3.05, 3.63) is 59.2 Å². The van der Waals surface area contributed by atoms with Gasteiger partial charge in [0.05, 0.1) is 13.2 Å². The molecule has 6 nitrogen and oxygen atoms in total. The van der Waals surface area contributed by atoms with Gasteiger partial charge in [0.1, 0.15) is 18.1 Å². The molecule has 0 spiro atoms. The van der Waals surface area contributed by atoms with Gasteiger partial charge < -0.3 is 24.8 Å². The van der Waals surface area contributed by atoms with E-state index >= 15 is 0 Å². The van der Waals surface area contributed by atoms with Gasteiger partial charge in [0, 0.05) is 32.3 Å². The molecule has 2 aromatic rings. The summed E-state index contributed by atoms with van der Waals surface area (Å²) in [6.45, 7) is 4.96. The number of aliphatic imine (C=N–C) groups is 1. The molecule has 2 N–H and O–H groups in total. The molecule has 1 aliphatic heterocycles. The number of hydrogen-bond acceptors (Lipinski definition) is 4. The van der Waals surface area contributed by atoms with Crippen molar-refractivity contribution in [1.82, 2.24) is 10.6 Å². The Morgan fingerprint density at radius 3 is 2.70 bits per heavy atom. The Morgan fingerprint density at radius 2 is 2.00 bits per heavy atom. The summed E-state index contributed by atoms with van der Waals surface area (Å²) in [5.41, 5.74) is 3.54. The lowest BCUT2D eigenvalue weighted by atomic mass is 10.1. The number of nitrogens with one attached hydrogen (secondary N) is 2. The van der Waals surface area contributed by atoms with Crippen LogP contribution in [0.4, 0.5) is 0 Å². The zero-order valence-corrected chi connectivity index (χ0v) is 18.2. The van der Waals surface area contributed by atoms with Gasteiger partial charge in [-0.2, -0.15) is 0 Å². The summed E-state index contributed by atoms with van der Waals surface area (Å²) in [5, 5.41) is 6.76. The Morgan fingerprint density at radius 1 is 1.17 bits per heavy atom. The van der Waals surface area contributed by atoms with Gasteiger partial charge in [-0.05, 0) is 55.5 Å². The smallest absolute Gasteiger partial charge is 0.191 e. The summed E-state index contributed by atoms with van der Waals surface area (Å²) in [5.74, 6) is 2.56. The fourth-order valence-electron chi connectivity index (χ4n) is 3.42. The van der Waals surface area contributed by atoms with Crippen LogP contribution in [0.3, 0.4) is 0 Å². The van der Waals surface area contributed by atoms with Crippen molar-refractivity contribution in [3.8, 4) is 11.5 Å². The third-order valence-electron chi connectivity index (χ3n) is 5.21. The zero-order chi connectivity index (χ0) is 21.2. The first-order chi connectivity index (χ1) is 14.7. The van der Waals surface area contributed by atoms with Crippen LogP contribution in [-0.4, -0.2) is 46.0 Å². The van der Waals surface area contributed by atoms with E-state index in [2.05, 4.69) is 52.9 Å². The van der Waals surface area contributed by atoms with Crippen LogP contribution in [0.2, 0.25) is 0 Å². The predicted octanol–water partition coefficient (Wildman–Crippen LogP) is 3.47. The Bertz CT molecular complexity index is 815. The second kappa shape index (κ2) is 11.5. The molecule has 1 atom stereocenters. The highest BCUT2D eigenvalue weighted by Gasteiger charge is 2.17. The predicted molar refractivity (Wildman–Crippen MR) is 121 cm³/mol. The summed E-state index contributed by atoms with van der Waals surface area (Å²) in [7, 11) is 3.46. The van der Waals surface area contributed by atoms with Crippen molar-refractivity contribution >= 4 is 5.96 Å². The van der Waals surface area contributed by atoms with E-state index in [4.69, 9.17) is 14.2 Å². The lowest BCUT2D eigenvalue weighted by Gasteiger charge is -2.17. The summed E-state index contributed by atoms with van der Waals surface area (Å²) >= 11 is 0. The second-order valence-electron chi connectivity index (χ2n) is 7.51. The van der Waals surface area contributed by atoms with Crippen molar-refractivity contribution in [2.75, 3.05) is 33.9 Å². The van der Waals surface area contributed by atoms with E-state index in [9.17, 15) is 0 Å². The van der Waals surface area contributed by atoms with Crippen LogP contribution >= 0.6 is 0 Å². The van der Waals surface area contributed by atoms with Crippen LogP contribution in [-0.2, 0) is 17.7 Å². The topological polar surface area (TPSA) is 64.1 Å². The van der Waals surface area contributed by atoms with Crippen molar-refractivity contribution < 1.29 is 14.2 Å². The molecule has 1 unspecified atom stereocenters. The maximum Gasteiger partial charge on any atom is 0.191 e. The summed E-state index contributed by atoms with van der Waals surface area (Å²) in [6.07, 6.45) is 3.31. The fraction of sp³-hybridized carbons (Fsp3) is 0.458. The van der Waals surface area contributed by atoms with Gasteiger partial charge >= 0.3 is 0 Å². The largest absolute Gasteiger partial charge is 0.497 e. The van der Waals surface area contributed by atoms with Crippen LogP contribution in [0.5, 0.6) is 11.5 Å². The number of hydrogen-bond donors (Lipinski definition) is 2. The molecule has 1 heterocycles. The third kappa shape index (κ3) is 6.66. The minimum atomic E-state index is 0.207. The molecule has 3 rings (SSSR count). The molecule has 6 heteroatoms. The first-order valence-electron chi connectivity index (χ1n) is 10.6. The lowest BCUT2D eigenvalue weighted by molar-refractivity contribution is 0.0676. The maximum atomic E-state index is 6.09. The maximum absolute atomic E-state index is 6.09. The molecule has 2 aromatic carbocycles. The number of ether oxygens (including phenoxy) is 3. The van der Waals surface area contributed by atoms with Crippen LogP contribution in [0.15, 0.2) is 47.5 Å². The molecular weight excluding hydrogens is 378 g/mol. The molecule has 0 radical (unpaired) electrons. The SMILES string of the molecule is CN=C(NCCc1ccc(OC)cc1)NCc1ccc(C)cc1OCC1CCCO1. The zero-order valence-electron chi connectivity index (χ0n) is 18.2. The highest BCUT2D eigenvalue weighted by atomic mass is 16.5. The number of rotatable bonds is 9. The molecule has 30 heavy (non-hydrogen) atoms. The minimum absolute atomic E-state index is 0.207. The first kappa shape index (κ1) is 22.0. The van der Waals surface area contributed by atoms with Gasteiger partial charge in [-0.3, -0.25) is 4.99 Å². The van der Waals surface area contributed by atoms with Gasteiger partial charge in [-0.15, -0.1) is 0 Å². The van der Waals surface area contributed by atoms with E-state index in [0.29, 0.717) is 13.2 Å². The normalized spacial score (nSPS) is 16.4. The summed E-state index contributed by atoms with van der Waals surface area (Å²) in [4.78, 5) is 4.33. The number of benzene rings is 2. The summed E-state index contributed by atoms with van der Waals surface area (Å²) in [6, 6.07) is 14.4. The highest BCUT2D eigenvalue weighted by molar-refractivity contribution is 5.79. The first-order valence-corrected chi connectivity index (χ1v) is 10.6. The van der Waals surface area contributed by atoms with Crippen LogP contribution in [0, 0.1) is 6.92 Å². The molecule has 0 saturated carbocycles. The Labute approximate surface area is 179 Å². The molecule has 1 aliphatic rings. The Balaban J connectivity index is 1.48. The van der Waals surface area contributed by atoms with Crippen molar-refractivity contribution in [1.29, 1.82) is 0 Å². The molecule has 0 aromatic heterocycles. The summed E-state index contributed by atoms with van der Waals surface area (Å²) < 4.78 is 17.0. The fourth-order valence-corrected chi connectivity index (χ4v) is 3.42. The van der Waals surface area contributed by atoms with E-state index in [0.717, 1.165) is 55.4 Å². The molecule has 1 fully saturated rings. The van der Waals surface area contributed by atoms with Gasteiger partial charge in [0.25, 0.3) is 0 Å². The average Bonchev–Trinajstić information content (AvgIpc) is 3.29. The molecule has 162 valence electrons. The van der Waals surface area contributed by atoms with Gasteiger partial charge in [0.2, 0.25) is 0 Å². The Kier molecular flexibility index (Phi) is 8.39. The monoisotopic (exact) mass is 411 g/mol. The molecule has 0 bridgehead atoms. The van der Waals surface area contributed by atoms with E-state index in [1.807, 2.05) is 12.1 Å². The van der Waals surface area contributed by atoms with E-state index in [1.54, 1.807) is 14.2 Å². The number of aryl methyl sites for hydroxylation is 1. The van der Waals surface area contributed by atoms with Gasteiger partial charge in [-0.1, -0.05) is 24.3 Å². The number of methoxy groups -OCH3 is 1. The molecule has 0 aliphatic carbocycles. The van der Waals surface area contributed by atoms with Crippen LogP contribution < -0.4 is 20.1 Å². The van der Waals surface area contributed by atoms with Crippen molar-refractivity contribution in [3.63, 3.8) is 0 Å². The second-order valence-corrected chi connectivity index (χ2v) is 7.51. The van der Waals surface area contributed by atoms with Crippen molar-refractivity contribution in [2.45, 2.75) is 38.8 Å². The average molecular weight is 412 g/mol. The number of nitrogens with zero attached hydrogens (tertiary/aromatic N) is 1. The third-order valence-corrected chi connectivity index (χ3v) is 5.21. The lowest BCUT2D eigenvalue weighted by Crippen LogP contribution is -2.38. The van der Waals surface area contributed by atoms with E-state index in [1.165, 1.54) is 11.1 Å². The van der Waals surface area contributed by atoms with E-state index in [-0.39, 0.29) is 6.10 Å². The minimum Gasteiger partial charge on any atom is -0.497 e. The van der Waals surface area contributed by atoms with Gasteiger partial charge in [-0.25, -0.2) is 0 Å². The number of guanidine groups is 1. The molecule has 0 amide bonds. The quantitative estimate of drug-likeness (QED) is 0.489. The van der Waals surface area contributed by atoms with Crippen LogP contribution in [0.25, 0.3) is 0 Å². The van der Waals surface area contributed by atoms with Gasteiger partial charge in [0.15, 0.2) is 5.96 Å². The van der Waals surface area contributed by atoms with E-state index < -0.39 is 0 Å². The van der Waals surface area contributed by atoms with Crippen molar-refractivity contribution in [2.24, 2.45) is 4.99 Å². The molecule has 1 saturated heterocycles. The molecular formula is C24H33N3O3. The Hall–Kier alpha value is -2.73. The van der Waals surface area contributed by atoms with Crippen LogP contribution in [0.1, 0.15) is 29.5 Å². The standard InChI is InChI=1S/C24H33N3O3/c1-18-6-9-20(23(15-18)30-17-22-5-4-14-29-22)16-27-24(25-2)26-13-12-19-7-10-21(28-3)11-8-19/h6-11,15,22H,4-5,12-14,16-17H2,1-3H3,(H2,25,26,27).